The van der Waals surface area contributed by atoms with E-state index in [1.807, 2.05) is 30.3 Å². The van der Waals surface area contributed by atoms with Crippen LogP contribution in [-0.2, 0) is 20.8 Å². The van der Waals surface area contributed by atoms with E-state index in [4.69, 9.17) is 19.7 Å². The van der Waals surface area contributed by atoms with Gasteiger partial charge in [-0.25, -0.2) is 4.39 Å². The van der Waals surface area contributed by atoms with Gasteiger partial charge in [-0.15, -0.1) is 0 Å². The Bertz CT molecular complexity index is 541. The maximum atomic E-state index is 14.3. The Morgan fingerprint density at radius 3 is 2.71 bits per heavy atom. The van der Waals surface area contributed by atoms with Crippen molar-refractivity contribution in [2.75, 3.05) is 19.8 Å². The summed E-state index contributed by atoms with van der Waals surface area (Å²) < 4.78 is 30.3. The minimum Gasteiger partial charge on any atom is -0.394 e. The zero-order valence-corrected chi connectivity index (χ0v) is 12.9. The van der Waals surface area contributed by atoms with E-state index in [0.29, 0.717) is 0 Å². The lowest BCUT2D eigenvalue weighted by molar-refractivity contribution is -0.294. The van der Waals surface area contributed by atoms with Gasteiger partial charge in [0.2, 0.25) is 0 Å². The van der Waals surface area contributed by atoms with Gasteiger partial charge in [-0.3, -0.25) is 0 Å². The molecule has 1 heterocycles. The van der Waals surface area contributed by atoms with Gasteiger partial charge < -0.3 is 24.4 Å². The molecule has 1 aromatic rings. The standard InChI is InChI=1S/C15H20FN3O5/c16-12-13(21)14(23-9-10-4-2-1-3-5-10)11(8-20)24-15(12)22-7-6-18-19-17/h1-5,11-15,20-21H,6-9H2/t11-,12-,13-,14-,15-/m1/s1. The van der Waals surface area contributed by atoms with Crippen LogP contribution in [0.25, 0.3) is 10.4 Å². The fraction of sp³-hybridized carbons (Fsp3) is 0.600. The number of azide groups is 1. The molecule has 8 nitrogen and oxygen atoms in total. The molecule has 0 aromatic heterocycles. The van der Waals surface area contributed by atoms with Crippen molar-refractivity contribution in [3.05, 3.63) is 46.3 Å². The van der Waals surface area contributed by atoms with Gasteiger partial charge in [-0.2, -0.15) is 0 Å². The molecule has 24 heavy (non-hydrogen) atoms. The Hall–Kier alpha value is -1.74. The highest BCUT2D eigenvalue weighted by Gasteiger charge is 2.46. The van der Waals surface area contributed by atoms with Crippen LogP contribution in [0.2, 0.25) is 0 Å². The fourth-order valence-electron chi connectivity index (χ4n) is 2.39. The monoisotopic (exact) mass is 341 g/mol. The zero-order valence-electron chi connectivity index (χ0n) is 12.9. The molecule has 0 unspecified atom stereocenters. The predicted octanol–water partition coefficient (Wildman–Crippen LogP) is 1.31. The van der Waals surface area contributed by atoms with E-state index in [1.54, 1.807) is 0 Å². The highest BCUT2D eigenvalue weighted by Crippen LogP contribution is 2.27. The average molecular weight is 341 g/mol. The van der Waals surface area contributed by atoms with Gasteiger partial charge in [0.1, 0.15) is 18.3 Å². The number of halogens is 1. The van der Waals surface area contributed by atoms with Gasteiger partial charge in [0.15, 0.2) is 12.5 Å². The molecule has 0 radical (unpaired) electrons. The summed E-state index contributed by atoms with van der Waals surface area (Å²) in [6.45, 7) is -0.358. The third kappa shape index (κ3) is 4.88. The number of rotatable bonds is 8. The molecule has 2 rings (SSSR count). The van der Waals surface area contributed by atoms with Crippen LogP contribution in [-0.4, -0.2) is 60.7 Å². The van der Waals surface area contributed by atoms with Crippen molar-refractivity contribution in [2.24, 2.45) is 5.11 Å². The highest BCUT2D eigenvalue weighted by molar-refractivity contribution is 5.13. The third-order valence-electron chi connectivity index (χ3n) is 3.60. The summed E-state index contributed by atoms with van der Waals surface area (Å²) in [4.78, 5) is 2.55. The lowest BCUT2D eigenvalue weighted by Crippen LogP contribution is -2.58. The van der Waals surface area contributed by atoms with E-state index in [2.05, 4.69) is 10.0 Å². The van der Waals surface area contributed by atoms with Crippen LogP contribution in [0.4, 0.5) is 4.39 Å². The van der Waals surface area contributed by atoms with Crippen LogP contribution in [0.15, 0.2) is 35.4 Å². The lowest BCUT2D eigenvalue weighted by atomic mass is 10.00. The first kappa shape index (κ1) is 18.6. The summed E-state index contributed by atoms with van der Waals surface area (Å²) in [6.07, 6.45) is -6.67. The Morgan fingerprint density at radius 1 is 1.29 bits per heavy atom. The van der Waals surface area contributed by atoms with Crippen LogP contribution in [0.5, 0.6) is 0 Å². The number of benzene rings is 1. The Balaban J connectivity index is 1.93. The molecule has 1 saturated heterocycles. The number of aliphatic hydroxyl groups excluding tert-OH is 2. The molecule has 1 aliphatic rings. The first-order valence-corrected chi connectivity index (χ1v) is 7.53. The summed E-state index contributed by atoms with van der Waals surface area (Å²) in [5, 5.41) is 22.8. The van der Waals surface area contributed by atoms with E-state index in [9.17, 15) is 14.6 Å². The fourth-order valence-corrected chi connectivity index (χ4v) is 2.39. The molecule has 2 N–H and O–H groups in total. The minimum absolute atomic E-state index is 0.0108. The second-order valence-corrected chi connectivity index (χ2v) is 5.25. The van der Waals surface area contributed by atoms with Gasteiger partial charge in [-0.05, 0) is 11.1 Å². The van der Waals surface area contributed by atoms with Gasteiger partial charge in [0.25, 0.3) is 0 Å². The van der Waals surface area contributed by atoms with Crippen LogP contribution in [0, 0.1) is 0 Å². The smallest absolute Gasteiger partial charge is 0.191 e. The Morgan fingerprint density at radius 2 is 2.04 bits per heavy atom. The second-order valence-electron chi connectivity index (χ2n) is 5.25. The largest absolute Gasteiger partial charge is 0.394 e. The predicted molar refractivity (Wildman–Crippen MR) is 81.6 cm³/mol. The number of nitrogens with zero attached hydrogens (tertiary/aromatic N) is 3. The highest BCUT2D eigenvalue weighted by atomic mass is 19.1. The van der Waals surface area contributed by atoms with Crippen molar-refractivity contribution in [1.29, 1.82) is 0 Å². The molecule has 1 aromatic carbocycles. The Labute approximate surface area is 138 Å². The first-order valence-electron chi connectivity index (χ1n) is 7.53. The van der Waals surface area contributed by atoms with Crippen molar-refractivity contribution >= 4 is 0 Å². The van der Waals surface area contributed by atoms with E-state index in [1.165, 1.54) is 0 Å². The quantitative estimate of drug-likeness (QED) is 0.320. The van der Waals surface area contributed by atoms with Gasteiger partial charge in [-0.1, -0.05) is 35.4 Å². The summed E-state index contributed by atoms with van der Waals surface area (Å²) in [7, 11) is 0. The average Bonchev–Trinajstić information content (AvgIpc) is 2.62. The molecular weight excluding hydrogens is 321 g/mol. The number of hydrogen-bond acceptors (Lipinski definition) is 6. The van der Waals surface area contributed by atoms with Crippen LogP contribution >= 0.6 is 0 Å². The van der Waals surface area contributed by atoms with E-state index >= 15 is 0 Å². The van der Waals surface area contributed by atoms with Gasteiger partial charge in [0, 0.05) is 11.5 Å². The molecule has 1 fully saturated rings. The maximum Gasteiger partial charge on any atom is 0.191 e. The normalized spacial score (nSPS) is 29.9. The topological polar surface area (TPSA) is 117 Å². The van der Waals surface area contributed by atoms with E-state index in [-0.39, 0.29) is 19.8 Å². The number of ether oxygens (including phenoxy) is 3. The van der Waals surface area contributed by atoms with Gasteiger partial charge in [0.05, 0.1) is 19.8 Å². The molecule has 1 aliphatic heterocycles. The number of alkyl halides is 1. The summed E-state index contributed by atoms with van der Waals surface area (Å²) >= 11 is 0. The SMILES string of the molecule is [N-]=[N+]=NCCO[C@@H]1O[C@H](CO)[C@@H](OCc2ccccc2)[C@H](O)[C@H]1F. The first-order chi connectivity index (χ1) is 11.7. The third-order valence-corrected chi connectivity index (χ3v) is 3.60. The molecular formula is C15H20FN3O5. The van der Waals surface area contributed by atoms with Crippen LogP contribution in [0.3, 0.4) is 0 Å². The second kappa shape index (κ2) is 9.53. The molecule has 5 atom stereocenters. The summed E-state index contributed by atoms with van der Waals surface area (Å²) in [5.41, 5.74) is 9.02. The van der Waals surface area contributed by atoms with E-state index in [0.717, 1.165) is 5.56 Å². The Kier molecular flexibility index (Phi) is 7.38. The lowest BCUT2D eigenvalue weighted by Gasteiger charge is -2.40. The van der Waals surface area contributed by atoms with Crippen molar-refractivity contribution < 1.29 is 28.8 Å². The molecule has 0 amide bonds. The summed E-state index contributed by atoms with van der Waals surface area (Å²) in [5.74, 6) is 0. The minimum atomic E-state index is -1.85. The molecule has 0 spiro atoms. The maximum absolute atomic E-state index is 14.3. The molecule has 0 bridgehead atoms. The van der Waals surface area contributed by atoms with Crippen molar-refractivity contribution in [3.8, 4) is 0 Å². The molecule has 132 valence electrons. The van der Waals surface area contributed by atoms with Crippen LogP contribution < -0.4 is 0 Å². The van der Waals surface area contributed by atoms with Gasteiger partial charge >= 0.3 is 0 Å². The number of hydrogen-bond donors (Lipinski definition) is 2. The van der Waals surface area contributed by atoms with Crippen molar-refractivity contribution in [1.82, 2.24) is 0 Å². The van der Waals surface area contributed by atoms with E-state index < -0.39 is 37.4 Å². The van der Waals surface area contributed by atoms with Crippen LogP contribution in [0.1, 0.15) is 5.56 Å². The van der Waals surface area contributed by atoms with Crippen molar-refractivity contribution in [2.45, 2.75) is 37.4 Å². The molecule has 9 heteroatoms. The molecule has 0 aliphatic carbocycles. The zero-order chi connectivity index (χ0) is 17.4. The van der Waals surface area contributed by atoms with Crippen molar-refractivity contribution in [3.63, 3.8) is 0 Å². The summed E-state index contributed by atoms with van der Waals surface area (Å²) in [6, 6.07) is 9.19. The molecule has 0 saturated carbocycles. The number of aliphatic hydroxyl groups is 2.